The van der Waals surface area contributed by atoms with E-state index in [-0.39, 0.29) is 18.1 Å². The Morgan fingerprint density at radius 2 is 2.12 bits per heavy atom. The summed E-state index contributed by atoms with van der Waals surface area (Å²) < 4.78 is 5.55. The van der Waals surface area contributed by atoms with Crippen molar-refractivity contribution in [2.45, 2.75) is 18.6 Å². The SMILES string of the molecule is COC(c1ccccc1)C1CNCCC1O. The quantitative estimate of drug-likeness (QED) is 0.809. The Hall–Kier alpha value is -0.900. The minimum absolute atomic E-state index is 0.0241. The van der Waals surface area contributed by atoms with Crippen LogP contribution in [-0.4, -0.2) is 31.4 Å². The lowest BCUT2D eigenvalue weighted by atomic mass is 9.87. The molecule has 1 aromatic carbocycles. The van der Waals surface area contributed by atoms with E-state index in [9.17, 15) is 5.11 Å². The van der Waals surface area contributed by atoms with Gasteiger partial charge in [-0.1, -0.05) is 30.3 Å². The van der Waals surface area contributed by atoms with Crippen molar-refractivity contribution >= 4 is 0 Å². The summed E-state index contributed by atoms with van der Waals surface area (Å²) in [5, 5.41) is 13.3. The smallest absolute Gasteiger partial charge is 0.0886 e. The standard InChI is InChI=1S/C13H19NO2/c1-16-13(10-5-3-2-4-6-10)11-9-14-8-7-12(11)15/h2-6,11-15H,7-9H2,1H3. The first-order valence-corrected chi connectivity index (χ1v) is 5.79. The van der Waals surface area contributed by atoms with E-state index in [1.54, 1.807) is 7.11 Å². The van der Waals surface area contributed by atoms with Crippen molar-refractivity contribution in [1.29, 1.82) is 0 Å². The van der Waals surface area contributed by atoms with Gasteiger partial charge in [0.25, 0.3) is 0 Å². The highest BCUT2D eigenvalue weighted by molar-refractivity contribution is 5.19. The van der Waals surface area contributed by atoms with E-state index in [0.29, 0.717) is 0 Å². The van der Waals surface area contributed by atoms with Crippen molar-refractivity contribution in [2.75, 3.05) is 20.2 Å². The minimum atomic E-state index is -0.272. The Kier molecular flexibility index (Phi) is 3.93. The van der Waals surface area contributed by atoms with Crippen LogP contribution in [0.25, 0.3) is 0 Å². The van der Waals surface area contributed by atoms with Gasteiger partial charge >= 0.3 is 0 Å². The largest absolute Gasteiger partial charge is 0.393 e. The Balaban J connectivity index is 2.15. The molecule has 3 atom stereocenters. The molecule has 0 radical (unpaired) electrons. The number of aliphatic hydroxyl groups is 1. The molecule has 1 aromatic rings. The van der Waals surface area contributed by atoms with Crippen LogP contribution in [0.2, 0.25) is 0 Å². The third-order valence-corrected chi connectivity index (χ3v) is 3.26. The number of hydrogen-bond acceptors (Lipinski definition) is 3. The van der Waals surface area contributed by atoms with Crippen LogP contribution in [-0.2, 0) is 4.74 Å². The lowest BCUT2D eigenvalue weighted by Gasteiger charge is -2.34. The molecule has 88 valence electrons. The van der Waals surface area contributed by atoms with E-state index >= 15 is 0 Å². The number of methoxy groups -OCH3 is 1. The summed E-state index contributed by atoms with van der Waals surface area (Å²) in [7, 11) is 1.71. The maximum atomic E-state index is 10.0. The van der Waals surface area contributed by atoms with Gasteiger partial charge in [0, 0.05) is 19.6 Å². The molecule has 1 saturated heterocycles. The van der Waals surface area contributed by atoms with Crippen LogP contribution in [0.4, 0.5) is 0 Å². The second kappa shape index (κ2) is 5.43. The van der Waals surface area contributed by atoms with E-state index in [4.69, 9.17) is 4.74 Å². The lowest BCUT2D eigenvalue weighted by Crippen LogP contribution is -2.43. The summed E-state index contributed by atoms with van der Waals surface area (Å²) in [5.74, 6) is 0.140. The van der Waals surface area contributed by atoms with Gasteiger partial charge < -0.3 is 15.2 Å². The first kappa shape index (κ1) is 11.6. The van der Waals surface area contributed by atoms with Crippen molar-refractivity contribution < 1.29 is 9.84 Å². The summed E-state index contributed by atoms with van der Waals surface area (Å²) >= 11 is 0. The highest BCUT2D eigenvalue weighted by Gasteiger charge is 2.31. The molecule has 0 aliphatic carbocycles. The van der Waals surface area contributed by atoms with Gasteiger partial charge in [-0.15, -0.1) is 0 Å². The maximum Gasteiger partial charge on any atom is 0.0886 e. The van der Waals surface area contributed by atoms with E-state index in [1.807, 2.05) is 18.2 Å². The van der Waals surface area contributed by atoms with Crippen molar-refractivity contribution in [1.82, 2.24) is 5.32 Å². The molecule has 3 nitrogen and oxygen atoms in total. The molecule has 0 amide bonds. The second-order valence-electron chi connectivity index (χ2n) is 4.29. The zero-order chi connectivity index (χ0) is 11.4. The van der Waals surface area contributed by atoms with Gasteiger partial charge in [0.05, 0.1) is 12.2 Å². The average Bonchev–Trinajstić information content (AvgIpc) is 2.34. The van der Waals surface area contributed by atoms with Crippen molar-refractivity contribution in [2.24, 2.45) is 5.92 Å². The summed E-state index contributed by atoms with van der Waals surface area (Å²) in [6, 6.07) is 10.1. The molecule has 2 N–H and O–H groups in total. The van der Waals surface area contributed by atoms with Crippen molar-refractivity contribution in [3.05, 3.63) is 35.9 Å². The van der Waals surface area contributed by atoms with Gasteiger partial charge in [-0.25, -0.2) is 0 Å². The molecule has 0 saturated carbocycles. The molecule has 16 heavy (non-hydrogen) atoms. The number of rotatable bonds is 3. The predicted octanol–water partition coefficient (Wildman–Crippen LogP) is 1.34. The predicted molar refractivity (Wildman–Crippen MR) is 63.2 cm³/mol. The monoisotopic (exact) mass is 221 g/mol. The molecule has 1 fully saturated rings. The van der Waals surface area contributed by atoms with E-state index in [2.05, 4.69) is 17.4 Å². The minimum Gasteiger partial charge on any atom is -0.393 e. The average molecular weight is 221 g/mol. The molecular weight excluding hydrogens is 202 g/mol. The Morgan fingerprint density at radius 1 is 1.38 bits per heavy atom. The fourth-order valence-electron chi connectivity index (χ4n) is 2.38. The zero-order valence-corrected chi connectivity index (χ0v) is 9.60. The fourth-order valence-corrected chi connectivity index (χ4v) is 2.38. The molecule has 1 heterocycles. The summed E-state index contributed by atoms with van der Waals surface area (Å²) in [6.07, 6.45) is 0.507. The fraction of sp³-hybridized carbons (Fsp3) is 0.538. The highest BCUT2D eigenvalue weighted by Crippen LogP contribution is 2.30. The molecule has 2 rings (SSSR count). The molecular formula is C13H19NO2. The lowest BCUT2D eigenvalue weighted by molar-refractivity contribution is -0.0285. The molecule has 3 unspecified atom stereocenters. The second-order valence-corrected chi connectivity index (χ2v) is 4.29. The van der Waals surface area contributed by atoms with Gasteiger partial charge in [-0.3, -0.25) is 0 Å². The van der Waals surface area contributed by atoms with E-state index < -0.39 is 0 Å². The number of hydrogen-bond donors (Lipinski definition) is 2. The molecule has 0 spiro atoms. The van der Waals surface area contributed by atoms with Gasteiger partial charge in [0.1, 0.15) is 0 Å². The number of piperidine rings is 1. The zero-order valence-electron chi connectivity index (χ0n) is 9.60. The van der Waals surface area contributed by atoms with Crippen LogP contribution in [0.3, 0.4) is 0 Å². The van der Waals surface area contributed by atoms with Crippen LogP contribution >= 0.6 is 0 Å². The van der Waals surface area contributed by atoms with Crippen LogP contribution in [0.5, 0.6) is 0 Å². The third kappa shape index (κ3) is 2.43. The number of ether oxygens (including phenoxy) is 1. The van der Waals surface area contributed by atoms with E-state index in [1.165, 1.54) is 0 Å². The Morgan fingerprint density at radius 3 is 2.75 bits per heavy atom. The van der Waals surface area contributed by atoms with Crippen LogP contribution in [0.15, 0.2) is 30.3 Å². The maximum absolute atomic E-state index is 10.0. The van der Waals surface area contributed by atoms with Crippen LogP contribution in [0.1, 0.15) is 18.1 Å². The van der Waals surface area contributed by atoms with Gasteiger partial charge in [-0.2, -0.15) is 0 Å². The summed E-state index contributed by atoms with van der Waals surface area (Å²) in [4.78, 5) is 0. The molecule has 0 bridgehead atoms. The van der Waals surface area contributed by atoms with E-state index in [0.717, 1.165) is 25.1 Å². The Labute approximate surface area is 96.4 Å². The molecule has 3 heteroatoms. The molecule has 1 aliphatic heterocycles. The van der Waals surface area contributed by atoms with Crippen LogP contribution < -0.4 is 5.32 Å². The summed E-state index contributed by atoms with van der Waals surface area (Å²) in [5.41, 5.74) is 1.14. The topological polar surface area (TPSA) is 41.5 Å². The highest BCUT2D eigenvalue weighted by atomic mass is 16.5. The van der Waals surface area contributed by atoms with Crippen LogP contribution in [0, 0.1) is 5.92 Å². The molecule has 0 aromatic heterocycles. The normalized spacial score (nSPS) is 27.6. The van der Waals surface area contributed by atoms with Crippen molar-refractivity contribution in [3.63, 3.8) is 0 Å². The number of aliphatic hydroxyl groups excluding tert-OH is 1. The van der Waals surface area contributed by atoms with Gasteiger partial charge in [0.2, 0.25) is 0 Å². The third-order valence-electron chi connectivity index (χ3n) is 3.26. The summed E-state index contributed by atoms with van der Waals surface area (Å²) in [6.45, 7) is 1.71. The molecule has 1 aliphatic rings. The number of nitrogens with one attached hydrogen (secondary N) is 1. The first-order chi connectivity index (χ1) is 7.83. The first-order valence-electron chi connectivity index (χ1n) is 5.79. The Bertz CT molecular complexity index is 315. The van der Waals surface area contributed by atoms with Gasteiger partial charge in [0.15, 0.2) is 0 Å². The number of benzene rings is 1. The van der Waals surface area contributed by atoms with Crippen molar-refractivity contribution in [3.8, 4) is 0 Å². The van der Waals surface area contributed by atoms with Gasteiger partial charge in [-0.05, 0) is 18.5 Å².